The predicted molar refractivity (Wildman–Crippen MR) is 82.0 cm³/mol. The van der Waals surface area contributed by atoms with Gasteiger partial charge in [-0.15, -0.1) is 0 Å². The lowest BCUT2D eigenvalue weighted by Crippen LogP contribution is -2.24. The van der Waals surface area contributed by atoms with Gasteiger partial charge >= 0.3 is 0 Å². The van der Waals surface area contributed by atoms with E-state index < -0.39 is 0 Å². The van der Waals surface area contributed by atoms with E-state index in [-0.39, 0.29) is 5.84 Å². The second-order valence-corrected chi connectivity index (χ2v) is 5.76. The van der Waals surface area contributed by atoms with Crippen molar-refractivity contribution in [1.82, 2.24) is 5.32 Å². The molecule has 2 rings (SSSR count). The number of oxime groups is 1. The van der Waals surface area contributed by atoms with Crippen molar-refractivity contribution >= 4 is 5.84 Å². The Morgan fingerprint density at radius 1 is 1.35 bits per heavy atom. The van der Waals surface area contributed by atoms with E-state index in [4.69, 9.17) is 10.9 Å². The highest BCUT2D eigenvalue weighted by Gasteiger charge is 2.12. The zero-order chi connectivity index (χ0) is 14.4. The van der Waals surface area contributed by atoms with E-state index in [0.717, 1.165) is 24.6 Å². The van der Waals surface area contributed by atoms with E-state index in [9.17, 15) is 0 Å². The Kier molecular flexibility index (Phi) is 5.41. The predicted octanol–water partition coefficient (Wildman–Crippen LogP) is 2.76. The van der Waals surface area contributed by atoms with Crippen LogP contribution in [0.5, 0.6) is 0 Å². The second kappa shape index (κ2) is 7.29. The fraction of sp³-hybridized carbons (Fsp3) is 0.562. The van der Waals surface area contributed by atoms with Gasteiger partial charge in [-0.05, 0) is 49.4 Å². The number of rotatable bonds is 5. The SMILES string of the molecule is Cc1cc(/C(N)=N/O)ccc1CNCC1CCCCC1. The lowest BCUT2D eigenvalue weighted by molar-refractivity contribution is 0.318. The van der Waals surface area contributed by atoms with Crippen LogP contribution in [-0.2, 0) is 6.54 Å². The number of hydrogen-bond acceptors (Lipinski definition) is 3. The van der Waals surface area contributed by atoms with Gasteiger partial charge in [0.25, 0.3) is 0 Å². The molecule has 0 saturated heterocycles. The number of benzene rings is 1. The minimum Gasteiger partial charge on any atom is -0.409 e. The lowest BCUT2D eigenvalue weighted by Gasteiger charge is -2.22. The first-order valence-corrected chi connectivity index (χ1v) is 7.49. The highest BCUT2D eigenvalue weighted by Crippen LogP contribution is 2.23. The molecular weight excluding hydrogens is 250 g/mol. The molecular formula is C16H25N3O. The summed E-state index contributed by atoms with van der Waals surface area (Å²) in [5, 5.41) is 15.3. The zero-order valence-corrected chi connectivity index (χ0v) is 12.2. The minimum atomic E-state index is 0.162. The van der Waals surface area contributed by atoms with Gasteiger partial charge in [-0.1, -0.05) is 36.6 Å². The Bertz CT molecular complexity index is 465. The van der Waals surface area contributed by atoms with Gasteiger partial charge in [-0.25, -0.2) is 0 Å². The van der Waals surface area contributed by atoms with Crippen molar-refractivity contribution < 1.29 is 5.21 Å². The van der Waals surface area contributed by atoms with Crippen molar-refractivity contribution in [2.24, 2.45) is 16.8 Å². The Balaban J connectivity index is 1.86. The molecule has 0 bridgehead atoms. The van der Waals surface area contributed by atoms with Gasteiger partial charge < -0.3 is 16.3 Å². The largest absolute Gasteiger partial charge is 0.409 e. The standard InChI is InChI=1S/C16H25N3O/c1-12-9-14(16(17)19-20)7-8-15(12)11-18-10-13-5-3-2-4-6-13/h7-9,13,18,20H,2-6,10-11H2,1H3,(H2,17,19). The molecule has 1 aromatic carbocycles. The van der Waals surface area contributed by atoms with Crippen LogP contribution in [0.25, 0.3) is 0 Å². The average molecular weight is 275 g/mol. The van der Waals surface area contributed by atoms with E-state index in [2.05, 4.69) is 23.5 Å². The van der Waals surface area contributed by atoms with Crippen LogP contribution in [0.1, 0.15) is 48.8 Å². The maximum absolute atomic E-state index is 8.68. The molecule has 0 aliphatic heterocycles. The summed E-state index contributed by atoms with van der Waals surface area (Å²) in [6.45, 7) is 4.06. The number of nitrogens with two attached hydrogens (primary N) is 1. The van der Waals surface area contributed by atoms with Crippen LogP contribution in [-0.4, -0.2) is 17.6 Å². The van der Waals surface area contributed by atoms with Crippen molar-refractivity contribution in [1.29, 1.82) is 0 Å². The highest BCUT2D eigenvalue weighted by molar-refractivity contribution is 5.97. The van der Waals surface area contributed by atoms with Crippen LogP contribution in [0.15, 0.2) is 23.4 Å². The first-order valence-electron chi connectivity index (χ1n) is 7.49. The van der Waals surface area contributed by atoms with Gasteiger partial charge in [-0.2, -0.15) is 0 Å². The van der Waals surface area contributed by atoms with Gasteiger partial charge in [0.1, 0.15) is 0 Å². The number of amidine groups is 1. The summed E-state index contributed by atoms with van der Waals surface area (Å²) < 4.78 is 0. The van der Waals surface area contributed by atoms with E-state index in [1.807, 2.05) is 12.1 Å². The van der Waals surface area contributed by atoms with Crippen LogP contribution in [0.4, 0.5) is 0 Å². The molecule has 110 valence electrons. The Hall–Kier alpha value is -1.55. The lowest BCUT2D eigenvalue weighted by atomic mass is 9.89. The van der Waals surface area contributed by atoms with Gasteiger partial charge in [0.15, 0.2) is 5.84 Å². The third-order valence-corrected chi connectivity index (χ3v) is 4.22. The van der Waals surface area contributed by atoms with Crippen molar-refractivity contribution in [2.45, 2.75) is 45.6 Å². The summed E-state index contributed by atoms with van der Waals surface area (Å²) in [7, 11) is 0. The first-order chi connectivity index (χ1) is 9.70. The summed E-state index contributed by atoms with van der Waals surface area (Å²) in [5.41, 5.74) is 8.81. The molecule has 1 aliphatic rings. The summed E-state index contributed by atoms with van der Waals surface area (Å²) in [6.07, 6.45) is 6.92. The van der Waals surface area contributed by atoms with Gasteiger partial charge in [-0.3, -0.25) is 0 Å². The van der Waals surface area contributed by atoms with Crippen molar-refractivity contribution in [3.63, 3.8) is 0 Å². The fourth-order valence-corrected chi connectivity index (χ4v) is 2.91. The van der Waals surface area contributed by atoms with Crippen molar-refractivity contribution in [3.05, 3.63) is 34.9 Å². The molecule has 0 aromatic heterocycles. The Labute approximate surface area is 121 Å². The average Bonchev–Trinajstić information content (AvgIpc) is 2.49. The summed E-state index contributed by atoms with van der Waals surface area (Å²) in [6, 6.07) is 5.92. The molecule has 1 saturated carbocycles. The molecule has 0 radical (unpaired) electrons. The van der Waals surface area contributed by atoms with Crippen LogP contribution in [0.3, 0.4) is 0 Å². The van der Waals surface area contributed by atoms with Crippen LogP contribution < -0.4 is 11.1 Å². The van der Waals surface area contributed by atoms with E-state index >= 15 is 0 Å². The van der Waals surface area contributed by atoms with Crippen LogP contribution in [0.2, 0.25) is 0 Å². The third-order valence-electron chi connectivity index (χ3n) is 4.22. The minimum absolute atomic E-state index is 0.162. The number of nitrogens with one attached hydrogen (secondary N) is 1. The molecule has 0 amide bonds. The van der Waals surface area contributed by atoms with Crippen LogP contribution in [0, 0.1) is 12.8 Å². The molecule has 1 aliphatic carbocycles. The van der Waals surface area contributed by atoms with Crippen LogP contribution >= 0.6 is 0 Å². The molecule has 1 aromatic rings. The Morgan fingerprint density at radius 3 is 2.75 bits per heavy atom. The van der Waals surface area contributed by atoms with Gasteiger partial charge in [0.2, 0.25) is 0 Å². The molecule has 1 fully saturated rings. The maximum atomic E-state index is 8.68. The van der Waals surface area contributed by atoms with E-state index in [1.54, 1.807) is 0 Å². The van der Waals surface area contributed by atoms with Crippen molar-refractivity contribution in [3.8, 4) is 0 Å². The molecule has 4 nitrogen and oxygen atoms in total. The fourth-order valence-electron chi connectivity index (χ4n) is 2.91. The third kappa shape index (κ3) is 3.97. The van der Waals surface area contributed by atoms with Gasteiger partial charge in [0.05, 0.1) is 0 Å². The summed E-state index contributed by atoms with van der Waals surface area (Å²) >= 11 is 0. The Morgan fingerprint density at radius 2 is 2.10 bits per heavy atom. The van der Waals surface area contributed by atoms with E-state index in [0.29, 0.717) is 0 Å². The summed E-state index contributed by atoms with van der Waals surface area (Å²) in [4.78, 5) is 0. The van der Waals surface area contributed by atoms with Crippen molar-refractivity contribution in [2.75, 3.05) is 6.54 Å². The maximum Gasteiger partial charge on any atom is 0.170 e. The number of hydrogen-bond donors (Lipinski definition) is 3. The molecule has 0 atom stereocenters. The van der Waals surface area contributed by atoms with Gasteiger partial charge in [0, 0.05) is 12.1 Å². The first kappa shape index (κ1) is 14.9. The number of aryl methyl sites for hydroxylation is 1. The molecule has 0 heterocycles. The molecule has 4 heteroatoms. The molecule has 20 heavy (non-hydrogen) atoms. The monoisotopic (exact) mass is 275 g/mol. The summed E-state index contributed by atoms with van der Waals surface area (Å²) in [5.74, 6) is 1.01. The topological polar surface area (TPSA) is 70.6 Å². The smallest absolute Gasteiger partial charge is 0.170 e. The molecule has 0 unspecified atom stereocenters. The molecule has 4 N–H and O–H groups in total. The normalized spacial score (nSPS) is 17.4. The zero-order valence-electron chi connectivity index (χ0n) is 12.2. The molecule has 0 spiro atoms. The highest BCUT2D eigenvalue weighted by atomic mass is 16.4. The second-order valence-electron chi connectivity index (χ2n) is 5.76. The quantitative estimate of drug-likeness (QED) is 0.335. The number of nitrogens with zero attached hydrogens (tertiary/aromatic N) is 1. The van der Waals surface area contributed by atoms with E-state index in [1.165, 1.54) is 43.2 Å².